The van der Waals surface area contributed by atoms with E-state index in [0.717, 1.165) is 18.4 Å². The van der Waals surface area contributed by atoms with E-state index in [-0.39, 0.29) is 5.91 Å². The second kappa shape index (κ2) is 6.44. The molecule has 1 aliphatic carbocycles. The molecule has 0 unspecified atom stereocenters. The maximum atomic E-state index is 12.6. The lowest BCUT2D eigenvalue weighted by Crippen LogP contribution is -2.33. The first kappa shape index (κ1) is 13.7. The van der Waals surface area contributed by atoms with Gasteiger partial charge in [0.15, 0.2) is 0 Å². The maximum Gasteiger partial charge on any atom is 0.252 e. The fourth-order valence-corrected chi connectivity index (χ4v) is 2.75. The highest BCUT2D eigenvalue weighted by atomic mass is 16.3. The molecule has 1 fully saturated rings. The van der Waals surface area contributed by atoms with Gasteiger partial charge in [-0.15, -0.1) is 0 Å². The number of carbonyl (C=O) groups is 1. The van der Waals surface area contributed by atoms with Crippen molar-refractivity contribution in [1.82, 2.24) is 5.32 Å². The topological polar surface area (TPSA) is 42.2 Å². The van der Waals surface area contributed by atoms with E-state index in [9.17, 15) is 4.79 Å². The molecule has 0 aliphatic heterocycles. The van der Waals surface area contributed by atoms with Crippen LogP contribution in [0.5, 0.6) is 0 Å². The number of benzene rings is 1. The van der Waals surface area contributed by atoms with Crippen LogP contribution in [0.2, 0.25) is 0 Å². The molecule has 1 N–H and O–H groups in total. The van der Waals surface area contributed by atoms with Crippen LogP contribution in [0.15, 0.2) is 53.1 Å². The lowest BCUT2D eigenvalue weighted by atomic mass is 10.0. The Labute approximate surface area is 124 Å². The predicted molar refractivity (Wildman–Crippen MR) is 83.4 cm³/mol. The fraction of sp³-hybridized carbons (Fsp3) is 0.278. The summed E-state index contributed by atoms with van der Waals surface area (Å²) in [6.45, 7) is 0. The molecule has 3 rings (SSSR count). The summed E-state index contributed by atoms with van der Waals surface area (Å²) in [5.41, 5.74) is 1.56. The van der Waals surface area contributed by atoms with Crippen LogP contribution in [0.4, 0.5) is 0 Å². The van der Waals surface area contributed by atoms with Crippen LogP contribution in [-0.4, -0.2) is 11.9 Å². The first-order valence-electron chi connectivity index (χ1n) is 7.44. The molecule has 1 amide bonds. The maximum absolute atomic E-state index is 12.6. The smallest absolute Gasteiger partial charge is 0.252 e. The second-order valence-corrected chi connectivity index (χ2v) is 5.39. The Morgan fingerprint density at radius 3 is 2.52 bits per heavy atom. The summed E-state index contributed by atoms with van der Waals surface area (Å²) in [5, 5.41) is 3.14. The molecule has 0 atom stereocenters. The Bertz CT molecular complexity index is 608. The van der Waals surface area contributed by atoms with Gasteiger partial charge in [0, 0.05) is 6.04 Å². The Hall–Kier alpha value is -2.29. The first-order chi connectivity index (χ1) is 10.3. The molecule has 3 nitrogen and oxygen atoms in total. The van der Waals surface area contributed by atoms with Crippen molar-refractivity contribution in [1.29, 1.82) is 0 Å². The quantitative estimate of drug-likeness (QED) is 0.864. The van der Waals surface area contributed by atoms with Crippen molar-refractivity contribution in [2.75, 3.05) is 0 Å². The molecule has 2 aromatic rings. The standard InChI is InChI=1S/C18H19NO2/c20-18(19-15-9-4-5-10-15)17(13-16-11-6-12-21-16)14-7-2-1-3-8-14/h1-3,6-8,11-13,15H,4-5,9-10H2,(H,19,20)/b17-13+. The number of amides is 1. The summed E-state index contributed by atoms with van der Waals surface area (Å²) in [7, 11) is 0. The molecule has 1 aromatic heterocycles. The Morgan fingerprint density at radius 1 is 1.10 bits per heavy atom. The van der Waals surface area contributed by atoms with E-state index < -0.39 is 0 Å². The van der Waals surface area contributed by atoms with E-state index in [1.165, 1.54) is 12.8 Å². The second-order valence-electron chi connectivity index (χ2n) is 5.39. The number of carbonyl (C=O) groups excluding carboxylic acids is 1. The summed E-state index contributed by atoms with van der Waals surface area (Å²) >= 11 is 0. The van der Waals surface area contributed by atoms with Crippen molar-refractivity contribution in [2.24, 2.45) is 0 Å². The molecular formula is C18H19NO2. The summed E-state index contributed by atoms with van der Waals surface area (Å²) in [4.78, 5) is 12.6. The normalized spacial score (nSPS) is 16.1. The minimum absolute atomic E-state index is 0.0236. The Kier molecular flexibility index (Phi) is 4.20. The number of hydrogen-bond donors (Lipinski definition) is 1. The molecule has 1 aromatic carbocycles. The van der Waals surface area contributed by atoms with Crippen molar-refractivity contribution in [3.05, 3.63) is 60.1 Å². The molecule has 21 heavy (non-hydrogen) atoms. The summed E-state index contributed by atoms with van der Waals surface area (Å²) in [6, 6.07) is 13.7. The van der Waals surface area contributed by atoms with Crippen LogP contribution in [0, 0.1) is 0 Å². The zero-order valence-electron chi connectivity index (χ0n) is 11.9. The molecule has 108 valence electrons. The highest BCUT2D eigenvalue weighted by Gasteiger charge is 2.20. The highest BCUT2D eigenvalue weighted by molar-refractivity contribution is 6.24. The van der Waals surface area contributed by atoms with E-state index in [1.807, 2.05) is 42.5 Å². The van der Waals surface area contributed by atoms with Crippen LogP contribution in [-0.2, 0) is 4.79 Å². The lowest BCUT2D eigenvalue weighted by Gasteiger charge is -2.14. The zero-order valence-corrected chi connectivity index (χ0v) is 11.9. The average Bonchev–Trinajstić information content (AvgIpc) is 3.19. The largest absolute Gasteiger partial charge is 0.465 e. The van der Waals surface area contributed by atoms with E-state index in [0.29, 0.717) is 17.4 Å². The van der Waals surface area contributed by atoms with Crippen molar-refractivity contribution >= 4 is 17.6 Å². The summed E-state index contributed by atoms with van der Waals surface area (Å²) in [6.07, 6.45) is 7.98. The molecule has 1 aliphatic rings. The Morgan fingerprint density at radius 2 is 1.86 bits per heavy atom. The van der Waals surface area contributed by atoms with Crippen LogP contribution < -0.4 is 5.32 Å². The van der Waals surface area contributed by atoms with Gasteiger partial charge in [0.25, 0.3) is 5.91 Å². The van der Waals surface area contributed by atoms with Gasteiger partial charge in [0.05, 0.1) is 11.8 Å². The van der Waals surface area contributed by atoms with Gasteiger partial charge >= 0.3 is 0 Å². The third kappa shape index (κ3) is 3.43. The lowest BCUT2D eigenvalue weighted by molar-refractivity contribution is -0.116. The number of furan rings is 1. The van der Waals surface area contributed by atoms with Gasteiger partial charge in [0.1, 0.15) is 5.76 Å². The van der Waals surface area contributed by atoms with Gasteiger partial charge < -0.3 is 9.73 Å². The zero-order chi connectivity index (χ0) is 14.5. The third-order valence-corrected chi connectivity index (χ3v) is 3.85. The fourth-order valence-electron chi connectivity index (χ4n) is 2.75. The van der Waals surface area contributed by atoms with Gasteiger partial charge in [-0.2, -0.15) is 0 Å². The van der Waals surface area contributed by atoms with Crippen LogP contribution in [0.1, 0.15) is 37.0 Å². The van der Waals surface area contributed by atoms with Gasteiger partial charge in [-0.3, -0.25) is 4.79 Å². The summed E-state index contributed by atoms with van der Waals surface area (Å²) in [5.74, 6) is 0.667. The molecule has 3 heteroatoms. The van der Waals surface area contributed by atoms with Crippen molar-refractivity contribution in [3.8, 4) is 0 Å². The minimum atomic E-state index is -0.0236. The van der Waals surface area contributed by atoms with E-state index in [2.05, 4.69) is 5.32 Å². The predicted octanol–water partition coefficient (Wildman–Crippen LogP) is 3.88. The van der Waals surface area contributed by atoms with Crippen LogP contribution >= 0.6 is 0 Å². The van der Waals surface area contributed by atoms with Gasteiger partial charge in [0.2, 0.25) is 0 Å². The van der Waals surface area contributed by atoms with Crippen LogP contribution in [0.25, 0.3) is 11.6 Å². The number of hydrogen-bond acceptors (Lipinski definition) is 2. The van der Waals surface area contributed by atoms with Gasteiger partial charge in [-0.25, -0.2) is 0 Å². The molecule has 1 saturated carbocycles. The molecule has 1 heterocycles. The molecule has 0 spiro atoms. The third-order valence-electron chi connectivity index (χ3n) is 3.85. The van der Waals surface area contributed by atoms with Gasteiger partial charge in [-0.05, 0) is 36.6 Å². The molecule has 0 radical (unpaired) electrons. The minimum Gasteiger partial charge on any atom is -0.465 e. The van der Waals surface area contributed by atoms with E-state index >= 15 is 0 Å². The Balaban J connectivity index is 1.87. The molecule has 0 saturated heterocycles. The van der Waals surface area contributed by atoms with E-state index in [1.54, 1.807) is 12.3 Å². The van der Waals surface area contributed by atoms with Crippen LogP contribution in [0.3, 0.4) is 0 Å². The molecular weight excluding hydrogens is 262 g/mol. The summed E-state index contributed by atoms with van der Waals surface area (Å²) < 4.78 is 5.35. The number of nitrogens with one attached hydrogen (secondary N) is 1. The SMILES string of the molecule is O=C(NC1CCCC1)/C(=C/c1ccco1)c1ccccc1. The highest BCUT2D eigenvalue weighted by Crippen LogP contribution is 2.22. The van der Waals surface area contributed by atoms with Gasteiger partial charge in [-0.1, -0.05) is 43.2 Å². The van der Waals surface area contributed by atoms with Crippen molar-refractivity contribution in [3.63, 3.8) is 0 Å². The molecule has 0 bridgehead atoms. The number of rotatable bonds is 4. The first-order valence-corrected chi connectivity index (χ1v) is 7.44. The average molecular weight is 281 g/mol. The van der Waals surface area contributed by atoms with Crippen molar-refractivity contribution in [2.45, 2.75) is 31.7 Å². The monoisotopic (exact) mass is 281 g/mol. The van der Waals surface area contributed by atoms with Crippen molar-refractivity contribution < 1.29 is 9.21 Å². The van der Waals surface area contributed by atoms with E-state index in [4.69, 9.17) is 4.42 Å².